The Balaban J connectivity index is 1.83. The van der Waals surface area contributed by atoms with Crippen LogP contribution in [0.1, 0.15) is 23.7 Å². The van der Waals surface area contributed by atoms with Crippen LogP contribution in [0.3, 0.4) is 0 Å². The number of hydrogen-bond acceptors (Lipinski definition) is 2. The molecule has 1 atom stereocenters. The number of carbonyl (C=O) groups excluding carboxylic acids is 1. The number of ether oxygens (including phenoxy) is 1. The van der Waals surface area contributed by atoms with E-state index in [0.29, 0.717) is 12.1 Å². The van der Waals surface area contributed by atoms with Crippen LogP contribution in [0.15, 0.2) is 49.1 Å². The second-order valence-electron chi connectivity index (χ2n) is 5.36. The van der Waals surface area contributed by atoms with Gasteiger partial charge < -0.3 is 10.1 Å². The number of hydrogen-bond donors (Lipinski definition) is 1. The van der Waals surface area contributed by atoms with Crippen LogP contribution in [0.5, 0.6) is 5.75 Å². The van der Waals surface area contributed by atoms with Gasteiger partial charge in [-0.3, -0.25) is 4.79 Å². The van der Waals surface area contributed by atoms with Crippen molar-refractivity contribution in [2.75, 3.05) is 5.32 Å². The number of carbonyl (C=O) groups is 1. The van der Waals surface area contributed by atoms with Crippen LogP contribution in [0.4, 0.5) is 14.5 Å². The van der Waals surface area contributed by atoms with Gasteiger partial charge in [-0.05, 0) is 42.2 Å². The van der Waals surface area contributed by atoms with Gasteiger partial charge in [0, 0.05) is 23.9 Å². The molecule has 0 fully saturated rings. The minimum Gasteiger partial charge on any atom is -0.486 e. The van der Waals surface area contributed by atoms with Gasteiger partial charge in [-0.25, -0.2) is 8.78 Å². The van der Waals surface area contributed by atoms with Crippen molar-refractivity contribution >= 4 is 11.6 Å². The Kier molecular flexibility index (Phi) is 4.10. The predicted molar refractivity (Wildman–Crippen MR) is 83.3 cm³/mol. The molecule has 0 saturated carbocycles. The van der Waals surface area contributed by atoms with E-state index in [0.717, 1.165) is 35.7 Å². The Morgan fingerprint density at radius 1 is 1.22 bits per heavy atom. The van der Waals surface area contributed by atoms with E-state index >= 15 is 0 Å². The number of rotatable bonds is 4. The Hall–Kier alpha value is -2.69. The largest absolute Gasteiger partial charge is 0.486 e. The lowest BCUT2D eigenvalue weighted by Gasteiger charge is -2.16. The minimum absolute atomic E-state index is 0.154. The molecule has 0 aliphatic heterocycles. The van der Waals surface area contributed by atoms with Crippen molar-refractivity contribution in [2.45, 2.75) is 18.9 Å². The molecule has 1 unspecified atom stereocenters. The molecule has 5 heteroatoms. The van der Waals surface area contributed by atoms with Crippen molar-refractivity contribution in [3.8, 4) is 5.75 Å². The summed E-state index contributed by atoms with van der Waals surface area (Å²) in [7, 11) is 0. The fraction of sp³-hybridized carbons (Fsp3) is 0.167. The molecule has 0 radical (unpaired) electrons. The van der Waals surface area contributed by atoms with E-state index in [4.69, 9.17) is 4.74 Å². The zero-order valence-corrected chi connectivity index (χ0v) is 12.3. The number of benzene rings is 2. The van der Waals surface area contributed by atoms with Gasteiger partial charge in [0.05, 0.1) is 0 Å². The Bertz CT molecular complexity index is 753. The quantitative estimate of drug-likeness (QED) is 0.861. The van der Waals surface area contributed by atoms with Crippen molar-refractivity contribution in [3.63, 3.8) is 0 Å². The van der Waals surface area contributed by atoms with Crippen LogP contribution < -0.4 is 10.1 Å². The van der Waals surface area contributed by atoms with E-state index in [1.807, 2.05) is 18.2 Å². The molecule has 23 heavy (non-hydrogen) atoms. The summed E-state index contributed by atoms with van der Waals surface area (Å²) in [6, 6.07) is 8.67. The van der Waals surface area contributed by atoms with Gasteiger partial charge in [-0.1, -0.05) is 12.6 Å². The fourth-order valence-corrected chi connectivity index (χ4v) is 2.72. The highest BCUT2D eigenvalue weighted by atomic mass is 19.1. The second kappa shape index (κ2) is 6.20. The molecule has 0 aromatic heterocycles. The van der Waals surface area contributed by atoms with Gasteiger partial charge in [0.2, 0.25) is 5.91 Å². The molecule has 1 aliphatic rings. The van der Waals surface area contributed by atoms with Gasteiger partial charge in [0.25, 0.3) is 0 Å². The van der Waals surface area contributed by atoms with Gasteiger partial charge >= 0.3 is 0 Å². The standard InChI is InChI=1S/C18H15F2NO2/c1-2-18(22)21-14-5-3-11-4-6-17(16(11)10-14)23-15-8-12(19)7-13(20)9-15/h2-3,5,7-10,17H,1,4,6H2,(H,21,22). The average Bonchev–Trinajstić information content (AvgIpc) is 2.88. The molecule has 1 amide bonds. The number of aryl methyl sites for hydroxylation is 1. The van der Waals surface area contributed by atoms with E-state index in [9.17, 15) is 13.6 Å². The Morgan fingerprint density at radius 3 is 2.65 bits per heavy atom. The summed E-state index contributed by atoms with van der Waals surface area (Å²) >= 11 is 0. The topological polar surface area (TPSA) is 38.3 Å². The summed E-state index contributed by atoms with van der Waals surface area (Å²) in [4.78, 5) is 11.4. The van der Waals surface area contributed by atoms with E-state index in [1.165, 1.54) is 6.08 Å². The molecule has 3 rings (SSSR count). The van der Waals surface area contributed by atoms with Crippen LogP contribution >= 0.6 is 0 Å². The molecule has 2 aromatic carbocycles. The maximum Gasteiger partial charge on any atom is 0.247 e. The smallest absolute Gasteiger partial charge is 0.247 e. The first kappa shape index (κ1) is 15.2. The van der Waals surface area contributed by atoms with Crippen LogP contribution in [-0.2, 0) is 11.2 Å². The third-order valence-corrected chi connectivity index (χ3v) is 3.74. The SMILES string of the molecule is C=CC(=O)Nc1ccc2c(c1)C(Oc1cc(F)cc(F)c1)CC2. The van der Waals surface area contributed by atoms with E-state index < -0.39 is 11.6 Å². The summed E-state index contributed by atoms with van der Waals surface area (Å²) in [5.74, 6) is -1.50. The molecule has 1 aliphatic carbocycles. The maximum absolute atomic E-state index is 13.3. The summed E-state index contributed by atoms with van der Waals surface area (Å²) in [5, 5.41) is 2.69. The molecule has 0 heterocycles. The van der Waals surface area contributed by atoms with Crippen molar-refractivity contribution in [1.29, 1.82) is 0 Å². The Labute approximate surface area is 132 Å². The normalized spacial score (nSPS) is 15.8. The fourth-order valence-electron chi connectivity index (χ4n) is 2.72. The number of fused-ring (bicyclic) bond motifs is 1. The molecule has 118 valence electrons. The lowest BCUT2D eigenvalue weighted by molar-refractivity contribution is -0.111. The molecule has 2 aromatic rings. The van der Waals surface area contributed by atoms with Crippen molar-refractivity contribution < 1.29 is 18.3 Å². The maximum atomic E-state index is 13.3. The molecule has 0 spiro atoms. The average molecular weight is 315 g/mol. The van der Waals surface area contributed by atoms with Crippen molar-refractivity contribution in [3.05, 3.63) is 71.8 Å². The third kappa shape index (κ3) is 3.39. The van der Waals surface area contributed by atoms with Gasteiger partial charge in [-0.15, -0.1) is 0 Å². The zero-order chi connectivity index (χ0) is 16.4. The first-order valence-corrected chi connectivity index (χ1v) is 7.24. The monoisotopic (exact) mass is 315 g/mol. The number of halogens is 2. The van der Waals surface area contributed by atoms with E-state index in [-0.39, 0.29) is 17.8 Å². The van der Waals surface area contributed by atoms with E-state index in [2.05, 4.69) is 11.9 Å². The molecule has 3 nitrogen and oxygen atoms in total. The van der Waals surface area contributed by atoms with Gasteiger partial charge in [0.1, 0.15) is 23.5 Å². The highest BCUT2D eigenvalue weighted by molar-refractivity contribution is 5.98. The highest BCUT2D eigenvalue weighted by Crippen LogP contribution is 2.36. The molecular weight excluding hydrogens is 300 g/mol. The summed E-state index contributed by atoms with van der Waals surface area (Å²) in [6.45, 7) is 3.41. The first-order valence-electron chi connectivity index (χ1n) is 7.24. The molecule has 0 bridgehead atoms. The van der Waals surface area contributed by atoms with Gasteiger partial charge in [-0.2, -0.15) is 0 Å². The third-order valence-electron chi connectivity index (χ3n) is 3.74. The molecule has 1 N–H and O–H groups in total. The highest BCUT2D eigenvalue weighted by Gasteiger charge is 2.25. The van der Waals surface area contributed by atoms with Crippen LogP contribution in [0, 0.1) is 11.6 Å². The van der Waals surface area contributed by atoms with Crippen LogP contribution in [0.2, 0.25) is 0 Å². The minimum atomic E-state index is -0.676. The van der Waals surface area contributed by atoms with Crippen molar-refractivity contribution in [2.24, 2.45) is 0 Å². The van der Waals surface area contributed by atoms with Crippen LogP contribution in [0.25, 0.3) is 0 Å². The van der Waals surface area contributed by atoms with Crippen LogP contribution in [-0.4, -0.2) is 5.91 Å². The molecular formula is C18H15F2NO2. The summed E-state index contributed by atoms with van der Waals surface area (Å²) < 4.78 is 32.3. The number of amides is 1. The second-order valence-corrected chi connectivity index (χ2v) is 5.36. The zero-order valence-electron chi connectivity index (χ0n) is 12.3. The predicted octanol–water partition coefficient (Wildman–Crippen LogP) is 4.16. The van der Waals surface area contributed by atoms with Gasteiger partial charge in [0.15, 0.2) is 0 Å². The number of anilines is 1. The number of nitrogens with one attached hydrogen (secondary N) is 1. The summed E-state index contributed by atoms with van der Waals surface area (Å²) in [6.07, 6.45) is 2.42. The molecule has 0 saturated heterocycles. The van der Waals surface area contributed by atoms with Crippen molar-refractivity contribution in [1.82, 2.24) is 0 Å². The lowest BCUT2D eigenvalue weighted by Crippen LogP contribution is -2.09. The lowest BCUT2D eigenvalue weighted by atomic mass is 10.1. The first-order chi connectivity index (χ1) is 11.0. The Morgan fingerprint density at radius 2 is 1.96 bits per heavy atom. The summed E-state index contributed by atoms with van der Waals surface area (Å²) in [5.41, 5.74) is 2.65. The van der Waals surface area contributed by atoms with E-state index in [1.54, 1.807) is 0 Å².